The van der Waals surface area contributed by atoms with Crippen molar-refractivity contribution in [1.29, 1.82) is 0 Å². The zero-order valence-electron chi connectivity index (χ0n) is 10.5. The standard InChI is InChI=1S/C14H12FNO3/c1-8-12(14(18)19-2)10(13(17)16-8)7-9-5-3-4-6-11(9)15/h3-7H,1-2H3,(H,16,17)/b10-7-. The van der Waals surface area contributed by atoms with Gasteiger partial charge in [0.1, 0.15) is 5.82 Å². The normalized spacial score (nSPS) is 16.8. The van der Waals surface area contributed by atoms with Gasteiger partial charge in [0, 0.05) is 11.3 Å². The van der Waals surface area contributed by atoms with Crippen molar-refractivity contribution < 1.29 is 18.7 Å². The lowest BCUT2D eigenvalue weighted by molar-refractivity contribution is -0.136. The molecule has 0 spiro atoms. The predicted molar refractivity (Wildman–Crippen MR) is 67.2 cm³/mol. The maximum Gasteiger partial charge on any atom is 0.340 e. The van der Waals surface area contributed by atoms with Crippen LogP contribution in [0.4, 0.5) is 4.39 Å². The molecule has 0 atom stereocenters. The number of nitrogens with one attached hydrogen (secondary N) is 1. The summed E-state index contributed by atoms with van der Waals surface area (Å²) < 4.78 is 18.2. The molecule has 0 radical (unpaired) electrons. The smallest absolute Gasteiger partial charge is 0.340 e. The Morgan fingerprint density at radius 3 is 2.68 bits per heavy atom. The van der Waals surface area contributed by atoms with E-state index in [0.717, 1.165) is 0 Å². The fraction of sp³-hybridized carbons (Fsp3) is 0.143. The van der Waals surface area contributed by atoms with E-state index >= 15 is 0 Å². The summed E-state index contributed by atoms with van der Waals surface area (Å²) in [7, 11) is 1.23. The van der Waals surface area contributed by atoms with Gasteiger partial charge in [0.15, 0.2) is 0 Å². The molecular formula is C14H12FNO3. The number of rotatable bonds is 2. The van der Waals surface area contributed by atoms with Gasteiger partial charge in [-0.15, -0.1) is 0 Å². The molecule has 0 unspecified atom stereocenters. The molecule has 1 N–H and O–H groups in total. The summed E-state index contributed by atoms with van der Waals surface area (Å²) in [6.45, 7) is 1.59. The van der Waals surface area contributed by atoms with Crippen molar-refractivity contribution in [2.45, 2.75) is 6.92 Å². The van der Waals surface area contributed by atoms with Gasteiger partial charge in [-0.05, 0) is 19.1 Å². The number of benzene rings is 1. The number of carbonyl (C=O) groups is 2. The van der Waals surface area contributed by atoms with E-state index in [2.05, 4.69) is 10.1 Å². The number of allylic oxidation sites excluding steroid dienone is 1. The molecule has 1 aromatic rings. The van der Waals surface area contributed by atoms with Gasteiger partial charge >= 0.3 is 5.97 Å². The zero-order valence-corrected chi connectivity index (χ0v) is 10.5. The average molecular weight is 261 g/mol. The van der Waals surface area contributed by atoms with Gasteiger partial charge < -0.3 is 10.1 Å². The first-order valence-corrected chi connectivity index (χ1v) is 5.61. The molecule has 19 heavy (non-hydrogen) atoms. The summed E-state index contributed by atoms with van der Waals surface area (Å²) in [5.74, 6) is -1.53. The van der Waals surface area contributed by atoms with E-state index in [4.69, 9.17) is 0 Å². The molecule has 0 saturated heterocycles. The first-order valence-electron chi connectivity index (χ1n) is 5.61. The van der Waals surface area contributed by atoms with Crippen molar-refractivity contribution in [3.05, 3.63) is 52.5 Å². The third kappa shape index (κ3) is 2.40. The first kappa shape index (κ1) is 13.0. The third-order valence-corrected chi connectivity index (χ3v) is 2.78. The minimum Gasteiger partial charge on any atom is -0.465 e. The second kappa shape index (κ2) is 5.06. The van der Waals surface area contributed by atoms with Gasteiger partial charge in [-0.3, -0.25) is 4.79 Å². The average Bonchev–Trinajstić information content (AvgIpc) is 2.66. The Balaban J connectivity index is 2.51. The summed E-state index contributed by atoms with van der Waals surface area (Å²) in [6, 6.07) is 6.01. The highest BCUT2D eigenvalue weighted by molar-refractivity contribution is 6.16. The summed E-state index contributed by atoms with van der Waals surface area (Å²) >= 11 is 0. The Bertz CT molecular complexity index is 617. The molecule has 1 aliphatic rings. The van der Waals surface area contributed by atoms with Crippen LogP contribution in [0.5, 0.6) is 0 Å². The van der Waals surface area contributed by atoms with E-state index < -0.39 is 17.7 Å². The molecule has 5 heteroatoms. The van der Waals surface area contributed by atoms with Crippen molar-refractivity contribution in [1.82, 2.24) is 5.32 Å². The van der Waals surface area contributed by atoms with E-state index in [1.807, 2.05) is 0 Å². The summed E-state index contributed by atoms with van der Waals surface area (Å²) in [4.78, 5) is 23.4. The lowest BCUT2D eigenvalue weighted by Crippen LogP contribution is -2.15. The molecule has 1 amide bonds. The van der Waals surface area contributed by atoms with Crippen LogP contribution in [0.25, 0.3) is 6.08 Å². The summed E-state index contributed by atoms with van der Waals surface area (Å²) in [6.07, 6.45) is 1.34. The van der Waals surface area contributed by atoms with Gasteiger partial charge in [0.25, 0.3) is 5.91 Å². The molecule has 1 aromatic carbocycles. The highest BCUT2D eigenvalue weighted by Crippen LogP contribution is 2.25. The number of amides is 1. The molecular weight excluding hydrogens is 249 g/mol. The molecule has 2 rings (SSSR count). The van der Waals surface area contributed by atoms with Crippen LogP contribution in [-0.2, 0) is 14.3 Å². The predicted octanol–water partition coefficient (Wildman–Crippen LogP) is 1.79. The topological polar surface area (TPSA) is 55.4 Å². The first-order chi connectivity index (χ1) is 9.04. The van der Waals surface area contributed by atoms with Crippen molar-refractivity contribution in [2.75, 3.05) is 7.11 Å². The number of esters is 1. The van der Waals surface area contributed by atoms with Crippen LogP contribution in [0.15, 0.2) is 41.1 Å². The fourth-order valence-electron chi connectivity index (χ4n) is 1.87. The van der Waals surface area contributed by atoms with Crippen LogP contribution < -0.4 is 5.32 Å². The highest BCUT2D eigenvalue weighted by Gasteiger charge is 2.30. The van der Waals surface area contributed by atoms with E-state index in [1.165, 1.54) is 25.3 Å². The lowest BCUT2D eigenvalue weighted by atomic mass is 10.0. The van der Waals surface area contributed by atoms with Crippen molar-refractivity contribution >= 4 is 18.0 Å². The Morgan fingerprint density at radius 1 is 1.37 bits per heavy atom. The van der Waals surface area contributed by atoms with E-state index in [0.29, 0.717) is 5.70 Å². The molecule has 0 saturated carbocycles. The zero-order chi connectivity index (χ0) is 14.0. The monoisotopic (exact) mass is 261 g/mol. The molecule has 0 fully saturated rings. The van der Waals surface area contributed by atoms with E-state index in [9.17, 15) is 14.0 Å². The van der Waals surface area contributed by atoms with Gasteiger partial charge in [-0.25, -0.2) is 9.18 Å². The van der Waals surface area contributed by atoms with E-state index in [1.54, 1.807) is 19.1 Å². The number of hydrogen-bond acceptors (Lipinski definition) is 3. The van der Waals surface area contributed by atoms with Gasteiger partial charge in [0.2, 0.25) is 0 Å². The maximum atomic E-state index is 13.6. The number of methoxy groups -OCH3 is 1. The van der Waals surface area contributed by atoms with Crippen LogP contribution in [-0.4, -0.2) is 19.0 Å². The molecule has 1 heterocycles. The van der Waals surface area contributed by atoms with Crippen LogP contribution in [0.3, 0.4) is 0 Å². The minimum absolute atomic E-state index is 0.106. The Labute approximate surface area is 109 Å². The second-order valence-electron chi connectivity index (χ2n) is 4.03. The largest absolute Gasteiger partial charge is 0.465 e. The Hall–Kier alpha value is -2.43. The SMILES string of the molecule is COC(=O)C1=C(C)NC(=O)/C1=C\c1ccccc1F. The molecule has 0 aliphatic carbocycles. The number of ether oxygens (including phenoxy) is 1. The van der Waals surface area contributed by atoms with Crippen LogP contribution in [0, 0.1) is 5.82 Å². The van der Waals surface area contributed by atoms with Gasteiger partial charge in [-0.1, -0.05) is 18.2 Å². The van der Waals surface area contributed by atoms with Crippen molar-refractivity contribution in [2.24, 2.45) is 0 Å². The van der Waals surface area contributed by atoms with Crippen molar-refractivity contribution in [3.63, 3.8) is 0 Å². The van der Waals surface area contributed by atoms with E-state index in [-0.39, 0.29) is 16.7 Å². The molecule has 1 aliphatic heterocycles. The Kier molecular flexibility index (Phi) is 3.46. The molecule has 98 valence electrons. The van der Waals surface area contributed by atoms with Gasteiger partial charge in [-0.2, -0.15) is 0 Å². The lowest BCUT2D eigenvalue weighted by Gasteiger charge is -2.03. The van der Waals surface area contributed by atoms with Crippen LogP contribution in [0.2, 0.25) is 0 Å². The van der Waals surface area contributed by atoms with Crippen LogP contribution >= 0.6 is 0 Å². The quantitative estimate of drug-likeness (QED) is 0.652. The molecule has 4 nitrogen and oxygen atoms in total. The third-order valence-electron chi connectivity index (χ3n) is 2.78. The maximum absolute atomic E-state index is 13.6. The number of carbonyl (C=O) groups excluding carboxylic acids is 2. The molecule has 0 aromatic heterocycles. The number of hydrogen-bond donors (Lipinski definition) is 1. The van der Waals surface area contributed by atoms with Crippen molar-refractivity contribution in [3.8, 4) is 0 Å². The highest BCUT2D eigenvalue weighted by atomic mass is 19.1. The Morgan fingerprint density at radius 2 is 2.05 bits per heavy atom. The summed E-state index contributed by atoms with van der Waals surface area (Å²) in [5.41, 5.74) is 0.883. The fourth-order valence-corrected chi connectivity index (χ4v) is 1.87. The van der Waals surface area contributed by atoms with Crippen LogP contribution in [0.1, 0.15) is 12.5 Å². The summed E-state index contributed by atoms with van der Waals surface area (Å²) in [5, 5.41) is 2.52. The second-order valence-corrected chi connectivity index (χ2v) is 4.03. The number of halogens is 1. The van der Waals surface area contributed by atoms with Gasteiger partial charge in [0.05, 0.1) is 18.3 Å². The molecule has 0 bridgehead atoms. The minimum atomic E-state index is -0.626.